The summed E-state index contributed by atoms with van der Waals surface area (Å²) in [5.41, 5.74) is 16.4. The molecule has 0 saturated heterocycles. The normalized spacial score (nSPS) is 16.4. The average molecular weight is 299 g/mol. The molecule has 1 aromatic carbocycles. The van der Waals surface area contributed by atoms with Crippen LogP contribution in [0.5, 0.6) is 11.5 Å². The number of ether oxygens (including phenoxy) is 2. The highest BCUT2D eigenvalue weighted by atomic mass is 16.5. The summed E-state index contributed by atoms with van der Waals surface area (Å²) in [7, 11) is 3.29. The van der Waals surface area contributed by atoms with Crippen LogP contribution in [0.4, 0.5) is 5.82 Å². The van der Waals surface area contributed by atoms with Gasteiger partial charge >= 0.3 is 0 Å². The molecule has 0 bridgehead atoms. The summed E-state index contributed by atoms with van der Waals surface area (Å²) in [5, 5.41) is 0. The van der Waals surface area contributed by atoms with Gasteiger partial charge in [0.25, 0.3) is 0 Å². The van der Waals surface area contributed by atoms with Crippen molar-refractivity contribution in [2.75, 3.05) is 20.0 Å². The van der Waals surface area contributed by atoms with Gasteiger partial charge in [-0.1, -0.05) is 6.07 Å². The number of methoxy groups -OCH3 is 2. The zero-order valence-electron chi connectivity index (χ0n) is 12.9. The summed E-state index contributed by atoms with van der Waals surface area (Å²) in [6.45, 7) is 0. The summed E-state index contributed by atoms with van der Waals surface area (Å²) in [6, 6.07) is 7.92. The number of hydrogen-bond acceptors (Lipinski definition) is 5. The van der Waals surface area contributed by atoms with Crippen molar-refractivity contribution in [3.63, 3.8) is 0 Å². The van der Waals surface area contributed by atoms with Gasteiger partial charge in [-0.15, -0.1) is 0 Å². The second kappa shape index (κ2) is 5.85. The number of fused-ring (bicyclic) bond motifs is 1. The van der Waals surface area contributed by atoms with Gasteiger partial charge in [-0.05, 0) is 36.1 Å². The number of pyridine rings is 1. The van der Waals surface area contributed by atoms with Crippen molar-refractivity contribution in [2.24, 2.45) is 5.73 Å². The third-order valence-electron chi connectivity index (χ3n) is 4.21. The molecule has 4 N–H and O–H groups in total. The Bertz CT molecular complexity index is 701. The van der Waals surface area contributed by atoms with Crippen molar-refractivity contribution in [1.29, 1.82) is 0 Å². The Morgan fingerprint density at radius 3 is 2.77 bits per heavy atom. The minimum atomic E-state index is 0.0665. The fraction of sp³-hybridized carbons (Fsp3) is 0.353. The molecule has 1 unspecified atom stereocenters. The molecule has 1 aliphatic carbocycles. The van der Waals surface area contributed by atoms with E-state index >= 15 is 0 Å². The largest absolute Gasteiger partial charge is 0.497 e. The van der Waals surface area contributed by atoms with Crippen LogP contribution in [0.15, 0.2) is 24.3 Å². The molecule has 5 nitrogen and oxygen atoms in total. The van der Waals surface area contributed by atoms with E-state index in [0.717, 1.165) is 46.7 Å². The number of anilines is 1. The molecule has 2 aromatic rings. The summed E-state index contributed by atoms with van der Waals surface area (Å²) in [6.07, 6.45) is 2.51. The first-order valence-corrected chi connectivity index (χ1v) is 7.37. The van der Waals surface area contributed by atoms with Gasteiger partial charge < -0.3 is 20.9 Å². The van der Waals surface area contributed by atoms with Gasteiger partial charge in [0, 0.05) is 29.8 Å². The van der Waals surface area contributed by atoms with Crippen LogP contribution in [0.1, 0.15) is 34.8 Å². The number of nitrogens with two attached hydrogens (primary N) is 2. The lowest BCUT2D eigenvalue weighted by Crippen LogP contribution is -2.08. The molecule has 22 heavy (non-hydrogen) atoms. The Morgan fingerprint density at radius 2 is 2.05 bits per heavy atom. The molecule has 0 aliphatic heterocycles. The lowest BCUT2D eigenvalue weighted by atomic mass is 10.0. The van der Waals surface area contributed by atoms with Crippen molar-refractivity contribution < 1.29 is 9.47 Å². The molecule has 0 fully saturated rings. The fourth-order valence-corrected chi connectivity index (χ4v) is 3.01. The first-order valence-electron chi connectivity index (χ1n) is 7.37. The minimum absolute atomic E-state index is 0.0665. The highest BCUT2D eigenvalue weighted by Crippen LogP contribution is 2.34. The number of rotatable bonds is 4. The maximum atomic E-state index is 6.15. The molecule has 1 atom stereocenters. The lowest BCUT2D eigenvalue weighted by molar-refractivity contribution is 0.391. The number of benzene rings is 1. The maximum Gasteiger partial charge on any atom is 0.127 e. The van der Waals surface area contributed by atoms with Crippen LogP contribution in [0.25, 0.3) is 0 Å². The molecular weight excluding hydrogens is 278 g/mol. The number of nitrogens with zero attached hydrogens (tertiary/aromatic N) is 1. The van der Waals surface area contributed by atoms with E-state index in [0.29, 0.717) is 12.2 Å². The van der Waals surface area contributed by atoms with E-state index in [1.807, 2.05) is 18.2 Å². The summed E-state index contributed by atoms with van der Waals surface area (Å²) in [4.78, 5) is 4.53. The highest BCUT2D eigenvalue weighted by molar-refractivity contribution is 5.51. The van der Waals surface area contributed by atoms with Crippen LogP contribution in [0.2, 0.25) is 0 Å². The van der Waals surface area contributed by atoms with Gasteiger partial charge in [-0.25, -0.2) is 4.98 Å². The number of hydrogen-bond donors (Lipinski definition) is 2. The molecule has 0 spiro atoms. The summed E-state index contributed by atoms with van der Waals surface area (Å²) in [5.74, 6) is 2.15. The third-order valence-corrected chi connectivity index (χ3v) is 4.21. The van der Waals surface area contributed by atoms with E-state index in [-0.39, 0.29) is 6.04 Å². The number of nitrogen functional groups attached to an aromatic ring is 1. The predicted octanol–water partition coefficient (Wildman–Crippen LogP) is 2.22. The average Bonchev–Trinajstić information content (AvgIpc) is 2.90. The topological polar surface area (TPSA) is 83.4 Å². The quantitative estimate of drug-likeness (QED) is 0.904. The van der Waals surface area contributed by atoms with Gasteiger partial charge in [-0.3, -0.25) is 0 Å². The highest BCUT2D eigenvalue weighted by Gasteiger charge is 2.23. The van der Waals surface area contributed by atoms with E-state index in [9.17, 15) is 0 Å². The van der Waals surface area contributed by atoms with E-state index in [2.05, 4.69) is 11.1 Å². The fourth-order valence-electron chi connectivity index (χ4n) is 3.01. The molecule has 1 aliphatic rings. The standard InChI is InChI=1S/C17H21N3O2/c1-21-12-4-3-10(16(9-12)22-2)7-11-8-14-13(17(19)20-11)5-6-15(14)18/h3-4,8-9,15H,5-7,18H2,1-2H3,(H2,19,20). The predicted molar refractivity (Wildman–Crippen MR) is 86.3 cm³/mol. The maximum absolute atomic E-state index is 6.15. The van der Waals surface area contributed by atoms with Gasteiger partial charge in [0.15, 0.2) is 0 Å². The number of aromatic nitrogens is 1. The second-order valence-corrected chi connectivity index (χ2v) is 5.57. The van der Waals surface area contributed by atoms with E-state index < -0.39 is 0 Å². The molecule has 3 rings (SSSR count). The monoisotopic (exact) mass is 299 g/mol. The Kier molecular flexibility index (Phi) is 3.90. The SMILES string of the molecule is COc1ccc(Cc2cc3c(c(N)n2)CCC3N)c(OC)c1. The Labute approximate surface area is 130 Å². The third kappa shape index (κ3) is 2.60. The van der Waals surface area contributed by atoms with Crippen LogP contribution in [-0.4, -0.2) is 19.2 Å². The van der Waals surface area contributed by atoms with Crippen molar-refractivity contribution >= 4 is 5.82 Å². The summed E-state index contributed by atoms with van der Waals surface area (Å²) < 4.78 is 10.7. The molecule has 0 saturated carbocycles. The van der Waals surface area contributed by atoms with Crippen LogP contribution in [-0.2, 0) is 12.8 Å². The van der Waals surface area contributed by atoms with E-state index in [1.165, 1.54) is 0 Å². The van der Waals surface area contributed by atoms with Crippen LogP contribution >= 0.6 is 0 Å². The molecule has 1 heterocycles. The summed E-state index contributed by atoms with van der Waals surface area (Å²) >= 11 is 0. The Balaban J connectivity index is 1.94. The Hall–Kier alpha value is -2.27. The van der Waals surface area contributed by atoms with Crippen molar-refractivity contribution in [3.8, 4) is 11.5 Å². The first kappa shape index (κ1) is 14.7. The first-order chi connectivity index (χ1) is 10.6. The van der Waals surface area contributed by atoms with Crippen LogP contribution in [0.3, 0.4) is 0 Å². The van der Waals surface area contributed by atoms with Gasteiger partial charge in [0.2, 0.25) is 0 Å². The van der Waals surface area contributed by atoms with Gasteiger partial charge in [-0.2, -0.15) is 0 Å². The second-order valence-electron chi connectivity index (χ2n) is 5.57. The molecule has 0 radical (unpaired) electrons. The lowest BCUT2D eigenvalue weighted by Gasteiger charge is -2.13. The van der Waals surface area contributed by atoms with E-state index in [4.69, 9.17) is 20.9 Å². The molecule has 1 aromatic heterocycles. The van der Waals surface area contributed by atoms with Crippen molar-refractivity contribution in [3.05, 3.63) is 46.6 Å². The van der Waals surface area contributed by atoms with Crippen molar-refractivity contribution in [1.82, 2.24) is 4.98 Å². The minimum Gasteiger partial charge on any atom is -0.497 e. The van der Waals surface area contributed by atoms with Crippen LogP contribution in [0, 0.1) is 0 Å². The van der Waals surface area contributed by atoms with Gasteiger partial charge in [0.1, 0.15) is 17.3 Å². The van der Waals surface area contributed by atoms with Gasteiger partial charge in [0.05, 0.1) is 14.2 Å². The Morgan fingerprint density at radius 1 is 1.23 bits per heavy atom. The molecular formula is C17H21N3O2. The zero-order valence-corrected chi connectivity index (χ0v) is 12.9. The van der Waals surface area contributed by atoms with E-state index in [1.54, 1.807) is 14.2 Å². The van der Waals surface area contributed by atoms with Crippen LogP contribution < -0.4 is 20.9 Å². The molecule has 5 heteroatoms. The zero-order chi connectivity index (χ0) is 15.7. The molecule has 116 valence electrons. The molecule has 0 amide bonds. The smallest absolute Gasteiger partial charge is 0.127 e. The van der Waals surface area contributed by atoms with Crippen molar-refractivity contribution in [2.45, 2.75) is 25.3 Å².